The Labute approximate surface area is 118 Å². The SMILES string of the molecule is COc1ccc2nc(CCl)n(CC(C)C3CC3)c2c1. The highest BCUT2D eigenvalue weighted by Gasteiger charge is 2.28. The normalized spacial score (nSPS) is 16.8. The van der Waals surface area contributed by atoms with E-state index in [1.807, 2.05) is 12.1 Å². The van der Waals surface area contributed by atoms with Crippen LogP contribution in [0.4, 0.5) is 0 Å². The maximum atomic E-state index is 6.04. The summed E-state index contributed by atoms with van der Waals surface area (Å²) in [4.78, 5) is 4.61. The fourth-order valence-corrected chi connectivity index (χ4v) is 2.89. The van der Waals surface area contributed by atoms with Gasteiger partial charge in [0.15, 0.2) is 0 Å². The number of alkyl halides is 1. The molecule has 1 fully saturated rings. The number of hydrogen-bond acceptors (Lipinski definition) is 2. The summed E-state index contributed by atoms with van der Waals surface area (Å²) in [6, 6.07) is 6.00. The van der Waals surface area contributed by atoms with Crippen molar-refractivity contribution in [3.8, 4) is 5.75 Å². The molecular weight excluding hydrogens is 260 g/mol. The molecule has 1 saturated carbocycles. The average molecular weight is 279 g/mol. The predicted octanol–water partition coefficient (Wildman–Crippen LogP) is 3.83. The van der Waals surface area contributed by atoms with Gasteiger partial charge in [0.1, 0.15) is 11.6 Å². The molecule has 4 heteroatoms. The molecule has 0 N–H and O–H groups in total. The van der Waals surface area contributed by atoms with E-state index in [0.717, 1.165) is 35.1 Å². The molecule has 0 spiro atoms. The number of benzene rings is 1. The number of rotatable bonds is 5. The Morgan fingerprint density at radius 1 is 1.47 bits per heavy atom. The van der Waals surface area contributed by atoms with E-state index < -0.39 is 0 Å². The summed E-state index contributed by atoms with van der Waals surface area (Å²) in [5, 5.41) is 0. The second-order valence-electron chi connectivity index (χ2n) is 5.44. The molecular formula is C15H19ClN2O. The van der Waals surface area contributed by atoms with Crippen LogP contribution in [0.3, 0.4) is 0 Å². The van der Waals surface area contributed by atoms with Crippen molar-refractivity contribution in [3.63, 3.8) is 0 Å². The molecule has 3 nitrogen and oxygen atoms in total. The van der Waals surface area contributed by atoms with E-state index in [-0.39, 0.29) is 0 Å². The fourth-order valence-electron chi connectivity index (χ4n) is 2.69. The van der Waals surface area contributed by atoms with Crippen molar-refractivity contribution in [2.24, 2.45) is 11.8 Å². The van der Waals surface area contributed by atoms with Crippen LogP contribution in [-0.2, 0) is 12.4 Å². The first-order chi connectivity index (χ1) is 9.22. The zero-order valence-electron chi connectivity index (χ0n) is 11.4. The minimum absolute atomic E-state index is 0.453. The summed E-state index contributed by atoms with van der Waals surface area (Å²) >= 11 is 6.04. The van der Waals surface area contributed by atoms with E-state index in [0.29, 0.717) is 11.8 Å². The summed E-state index contributed by atoms with van der Waals surface area (Å²) in [5.74, 6) is 3.84. The minimum Gasteiger partial charge on any atom is -0.497 e. The van der Waals surface area contributed by atoms with Crippen molar-refractivity contribution in [1.29, 1.82) is 0 Å². The average Bonchev–Trinajstić information content (AvgIpc) is 3.22. The van der Waals surface area contributed by atoms with E-state index >= 15 is 0 Å². The molecule has 1 unspecified atom stereocenters. The zero-order valence-corrected chi connectivity index (χ0v) is 12.2. The smallest absolute Gasteiger partial charge is 0.124 e. The number of halogens is 1. The summed E-state index contributed by atoms with van der Waals surface area (Å²) in [6.07, 6.45) is 2.74. The van der Waals surface area contributed by atoms with Crippen LogP contribution in [0, 0.1) is 11.8 Å². The molecule has 2 aromatic rings. The Balaban J connectivity index is 2.02. The van der Waals surface area contributed by atoms with Gasteiger partial charge < -0.3 is 9.30 Å². The molecule has 3 rings (SSSR count). The maximum Gasteiger partial charge on any atom is 0.124 e. The summed E-state index contributed by atoms with van der Waals surface area (Å²) in [7, 11) is 1.69. The molecule has 0 aliphatic heterocycles. The number of fused-ring (bicyclic) bond motifs is 1. The van der Waals surface area contributed by atoms with Gasteiger partial charge in [-0.2, -0.15) is 0 Å². The molecule has 0 radical (unpaired) electrons. The number of nitrogens with zero attached hydrogens (tertiary/aromatic N) is 2. The molecule has 0 saturated heterocycles. The largest absolute Gasteiger partial charge is 0.497 e. The topological polar surface area (TPSA) is 27.1 Å². The van der Waals surface area contributed by atoms with E-state index in [1.165, 1.54) is 12.8 Å². The van der Waals surface area contributed by atoms with Crippen LogP contribution in [0.1, 0.15) is 25.6 Å². The van der Waals surface area contributed by atoms with Crippen molar-refractivity contribution < 1.29 is 4.74 Å². The molecule has 0 amide bonds. The second-order valence-corrected chi connectivity index (χ2v) is 5.71. The van der Waals surface area contributed by atoms with Crippen LogP contribution >= 0.6 is 11.6 Å². The van der Waals surface area contributed by atoms with Gasteiger partial charge in [0.25, 0.3) is 0 Å². The quantitative estimate of drug-likeness (QED) is 0.777. The van der Waals surface area contributed by atoms with Crippen LogP contribution in [0.2, 0.25) is 0 Å². The Morgan fingerprint density at radius 3 is 2.89 bits per heavy atom. The molecule has 1 heterocycles. The number of ether oxygens (including phenoxy) is 1. The number of aromatic nitrogens is 2. The first-order valence-corrected chi connectivity index (χ1v) is 7.35. The zero-order chi connectivity index (χ0) is 13.4. The number of hydrogen-bond donors (Lipinski definition) is 0. The van der Waals surface area contributed by atoms with E-state index in [2.05, 4.69) is 22.5 Å². The van der Waals surface area contributed by atoms with E-state index in [4.69, 9.17) is 16.3 Å². The summed E-state index contributed by atoms with van der Waals surface area (Å²) in [6.45, 7) is 3.32. The lowest BCUT2D eigenvalue weighted by Gasteiger charge is -2.14. The van der Waals surface area contributed by atoms with Gasteiger partial charge in [0, 0.05) is 12.6 Å². The molecule has 1 aromatic carbocycles. The van der Waals surface area contributed by atoms with Crippen LogP contribution in [0.25, 0.3) is 11.0 Å². The van der Waals surface area contributed by atoms with Gasteiger partial charge in [0.2, 0.25) is 0 Å². The Bertz CT molecular complexity index is 589. The Morgan fingerprint density at radius 2 is 2.26 bits per heavy atom. The van der Waals surface area contributed by atoms with Gasteiger partial charge in [-0.15, -0.1) is 11.6 Å². The van der Waals surface area contributed by atoms with E-state index in [1.54, 1.807) is 7.11 Å². The Kier molecular flexibility index (Phi) is 3.40. The van der Waals surface area contributed by atoms with Crippen molar-refractivity contribution >= 4 is 22.6 Å². The van der Waals surface area contributed by atoms with Crippen molar-refractivity contribution in [2.45, 2.75) is 32.2 Å². The maximum absolute atomic E-state index is 6.04. The number of methoxy groups -OCH3 is 1. The highest BCUT2D eigenvalue weighted by atomic mass is 35.5. The van der Waals surface area contributed by atoms with Crippen LogP contribution in [0.15, 0.2) is 18.2 Å². The molecule has 102 valence electrons. The first kappa shape index (κ1) is 12.8. The molecule has 1 aliphatic rings. The predicted molar refractivity (Wildman–Crippen MR) is 77.7 cm³/mol. The molecule has 0 bridgehead atoms. The van der Waals surface area contributed by atoms with Gasteiger partial charge >= 0.3 is 0 Å². The minimum atomic E-state index is 0.453. The first-order valence-electron chi connectivity index (χ1n) is 6.82. The van der Waals surface area contributed by atoms with Crippen LogP contribution < -0.4 is 4.74 Å². The fraction of sp³-hybridized carbons (Fsp3) is 0.533. The highest BCUT2D eigenvalue weighted by Crippen LogP contribution is 2.38. The van der Waals surface area contributed by atoms with E-state index in [9.17, 15) is 0 Å². The lowest BCUT2D eigenvalue weighted by atomic mass is 10.1. The van der Waals surface area contributed by atoms with Crippen molar-refractivity contribution in [1.82, 2.24) is 9.55 Å². The summed E-state index contributed by atoms with van der Waals surface area (Å²) in [5.41, 5.74) is 2.13. The highest BCUT2D eigenvalue weighted by molar-refractivity contribution is 6.16. The summed E-state index contributed by atoms with van der Waals surface area (Å²) < 4.78 is 7.57. The van der Waals surface area contributed by atoms with Gasteiger partial charge in [-0.05, 0) is 36.8 Å². The standard InChI is InChI=1S/C15H19ClN2O/c1-10(11-3-4-11)9-18-14-7-12(19-2)5-6-13(14)17-15(18)8-16/h5-7,10-11H,3-4,8-9H2,1-2H3. The van der Waals surface area contributed by atoms with Crippen LogP contribution in [-0.4, -0.2) is 16.7 Å². The third-order valence-corrected chi connectivity index (χ3v) is 4.29. The van der Waals surface area contributed by atoms with Gasteiger partial charge in [-0.3, -0.25) is 0 Å². The molecule has 19 heavy (non-hydrogen) atoms. The molecule has 1 aliphatic carbocycles. The second kappa shape index (κ2) is 5.04. The van der Waals surface area contributed by atoms with Crippen molar-refractivity contribution in [3.05, 3.63) is 24.0 Å². The molecule has 1 aromatic heterocycles. The Hall–Kier alpha value is -1.22. The van der Waals surface area contributed by atoms with Crippen molar-refractivity contribution in [2.75, 3.05) is 7.11 Å². The van der Waals surface area contributed by atoms with Gasteiger partial charge in [-0.25, -0.2) is 4.98 Å². The van der Waals surface area contributed by atoms with Gasteiger partial charge in [0.05, 0.1) is 24.0 Å². The van der Waals surface area contributed by atoms with Crippen LogP contribution in [0.5, 0.6) is 5.75 Å². The molecule has 1 atom stereocenters. The lowest BCUT2D eigenvalue weighted by molar-refractivity contribution is 0.413. The third-order valence-electron chi connectivity index (χ3n) is 4.05. The number of imidazole rings is 1. The lowest BCUT2D eigenvalue weighted by Crippen LogP contribution is -2.11. The third kappa shape index (κ3) is 2.44. The van der Waals surface area contributed by atoms with Gasteiger partial charge in [-0.1, -0.05) is 6.92 Å². The monoisotopic (exact) mass is 278 g/mol.